The van der Waals surface area contributed by atoms with Gasteiger partial charge < -0.3 is 10.5 Å². The average molecular weight is 280 g/mol. The highest BCUT2D eigenvalue weighted by atomic mass is 19.1. The molecule has 0 spiro atoms. The van der Waals surface area contributed by atoms with E-state index in [0.717, 1.165) is 18.2 Å². The molecule has 0 unspecified atom stereocenters. The summed E-state index contributed by atoms with van der Waals surface area (Å²) in [6, 6.07) is 6.94. The van der Waals surface area contributed by atoms with Crippen molar-refractivity contribution in [2.75, 3.05) is 5.73 Å². The minimum Gasteiger partial charge on any atom is -0.489 e. The molecular weight excluding hydrogens is 270 g/mol. The first-order valence-electron chi connectivity index (χ1n) is 5.57. The van der Waals surface area contributed by atoms with E-state index in [4.69, 9.17) is 10.5 Å². The zero-order valence-corrected chi connectivity index (χ0v) is 10.2. The number of nitrogens with two attached hydrogens (primary N) is 1. The highest BCUT2D eigenvalue weighted by molar-refractivity contribution is 5.59. The van der Waals surface area contributed by atoms with Gasteiger partial charge in [-0.15, -0.1) is 0 Å². The topological polar surface area (TPSA) is 78.4 Å². The van der Waals surface area contributed by atoms with Crippen LogP contribution in [0.25, 0.3) is 0 Å². The van der Waals surface area contributed by atoms with Crippen LogP contribution in [-0.4, -0.2) is 4.92 Å². The summed E-state index contributed by atoms with van der Waals surface area (Å²) in [5.74, 6) is -1.52. The maximum atomic E-state index is 13.0. The summed E-state index contributed by atoms with van der Waals surface area (Å²) < 4.78 is 31.1. The first-order valence-corrected chi connectivity index (χ1v) is 5.57. The molecule has 0 radical (unpaired) electrons. The zero-order chi connectivity index (χ0) is 14.7. The summed E-state index contributed by atoms with van der Waals surface area (Å²) in [4.78, 5) is 10.1. The Hall–Kier alpha value is -2.70. The lowest BCUT2D eigenvalue weighted by Crippen LogP contribution is -2.00. The van der Waals surface area contributed by atoms with Gasteiger partial charge in [0.25, 0.3) is 5.69 Å². The lowest BCUT2D eigenvalue weighted by molar-refractivity contribution is -0.384. The molecule has 2 aromatic carbocycles. The Kier molecular flexibility index (Phi) is 3.79. The molecule has 0 aliphatic heterocycles. The Balaban J connectivity index is 2.14. The van der Waals surface area contributed by atoms with Crippen molar-refractivity contribution < 1.29 is 18.4 Å². The van der Waals surface area contributed by atoms with Crippen LogP contribution >= 0.6 is 0 Å². The van der Waals surface area contributed by atoms with Gasteiger partial charge >= 0.3 is 0 Å². The van der Waals surface area contributed by atoms with Crippen molar-refractivity contribution in [3.05, 3.63) is 63.7 Å². The summed E-state index contributed by atoms with van der Waals surface area (Å²) >= 11 is 0. The molecule has 5 nitrogen and oxygen atoms in total. The third-order valence-corrected chi connectivity index (χ3v) is 2.53. The molecule has 2 N–H and O–H groups in total. The van der Waals surface area contributed by atoms with E-state index < -0.39 is 16.6 Å². The summed E-state index contributed by atoms with van der Waals surface area (Å²) in [6.07, 6.45) is 0. The fraction of sp³-hybridized carbons (Fsp3) is 0.0769. The molecule has 0 amide bonds. The van der Waals surface area contributed by atoms with Crippen LogP contribution in [0.1, 0.15) is 5.56 Å². The molecule has 0 fully saturated rings. The zero-order valence-electron chi connectivity index (χ0n) is 10.2. The lowest BCUT2D eigenvalue weighted by Gasteiger charge is -2.07. The van der Waals surface area contributed by atoms with Crippen molar-refractivity contribution >= 4 is 11.4 Å². The van der Waals surface area contributed by atoms with E-state index in [1.54, 1.807) is 0 Å². The Morgan fingerprint density at radius 2 is 1.80 bits per heavy atom. The standard InChI is InChI=1S/C13H10F2N2O3/c14-9-4-10(15)6-11(5-9)20-7-8-1-2-12(16)13(3-8)17(18)19/h1-6H,7,16H2. The molecule has 104 valence electrons. The number of anilines is 1. The van der Waals surface area contributed by atoms with Crippen LogP contribution in [0.4, 0.5) is 20.2 Å². The van der Waals surface area contributed by atoms with Crippen LogP contribution in [0.5, 0.6) is 5.75 Å². The average Bonchev–Trinajstić information content (AvgIpc) is 2.36. The second kappa shape index (κ2) is 5.52. The van der Waals surface area contributed by atoms with Crippen molar-refractivity contribution in [3.8, 4) is 5.75 Å². The number of nitro benzene ring substituents is 1. The highest BCUT2D eigenvalue weighted by Gasteiger charge is 2.12. The largest absolute Gasteiger partial charge is 0.489 e. The summed E-state index contributed by atoms with van der Waals surface area (Å²) in [5.41, 5.74) is 5.72. The molecule has 0 aromatic heterocycles. The molecular formula is C13H10F2N2O3. The van der Waals surface area contributed by atoms with Crippen LogP contribution in [0.3, 0.4) is 0 Å². The van der Waals surface area contributed by atoms with Crippen LogP contribution < -0.4 is 10.5 Å². The number of halogens is 2. The van der Waals surface area contributed by atoms with Gasteiger partial charge in [-0.25, -0.2) is 8.78 Å². The molecule has 0 aliphatic rings. The number of ether oxygens (including phenoxy) is 1. The number of benzene rings is 2. The van der Waals surface area contributed by atoms with E-state index in [2.05, 4.69) is 0 Å². The molecule has 2 rings (SSSR count). The first-order chi connectivity index (χ1) is 9.45. The summed E-state index contributed by atoms with van der Waals surface area (Å²) in [7, 11) is 0. The van der Waals surface area contributed by atoms with E-state index in [0.29, 0.717) is 5.56 Å². The molecule has 20 heavy (non-hydrogen) atoms. The maximum absolute atomic E-state index is 13.0. The van der Waals surface area contributed by atoms with Gasteiger partial charge in [-0.2, -0.15) is 0 Å². The van der Waals surface area contributed by atoms with Crippen molar-refractivity contribution in [1.29, 1.82) is 0 Å². The third kappa shape index (κ3) is 3.19. The molecule has 7 heteroatoms. The van der Waals surface area contributed by atoms with Gasteiger partial charge in [0.2, 0.25) is 0 Å². The Morgan fingerprint density at radius 1 is 1.15 bits per heavy atom. The third-order valence-electron chi connectivity index (χ3n) is 2.53. The van der Waals surface area contributed by atoms with Crippen molar-refractivity contribution in [2.24, 2.45) is 0 Å². The van der Waals surface area contributed by atoms with E-state index in [1.165, 1.54) is 18.2 Å². The van der Waals surface area contributed by atoms with Gasteiger partial charge in [-0.3, -0.25) is 10.1 Å². The van der Waals surface area contributed by atoms with E-state index >= 15 is 0 Å². The van der Waals surface area contributed by atoms with E-state index in [9.17, 15) is 18.9 Å². The van der Waals surface area contributed by atoms with Crippen LogP contribution in [-0.2, 0) is 6.61 Å². The highest BCUT2D eigenvalue weighted by Crippen LogP contribution is 2.23. The smallest absolute Gasteiger partial charge is 0.292 e. The van der Waals surface area contributed by atoms with Gasteiger partial charge in [0.15, 0.2) is 0 Å². The normalized spacial score (nSPS) is 10.3. The molecule has 0 bridgehead atoms. The second-order valence-corrected chi connectivity index (χ2v) is 4.04. The first kappa shape index (κ1) is 13.7. The predicted octanol–water partition coefficient (Wildman–Crippen LogP) is 3.03. The Labute approximate surface area is 112 Å². The lowest BCUT2D eigenvalue weighted by atomic mass is 10.2. The molecule has 0 aliphatic carbocycles. The van der Waals surface area contributed by atoms with Gasteiger partial charge in [-0.1, -0.05) is 6.07 Å². The molecule has 0 saturated carbocycles. The number of nitrogen functional groups attached to an aromatic ring is 1. The predicted molar refractivity (Wildman–Crippen MR) is 68.2 cm³/mol. The van der Waals surface area contributed by atoms with Gasteiger partial charge in [0, 0.05) is 24.3 Å². The monoisotopic (exact) mass is 280 g/mol. The minimum atomic E-state index is -0.761. The van der Waals surface area contributed by atoms with Crippen molar-refractivity contribution in [2.45, 2.75) is 6.61 Å². The minimum absolute atomic E-state index is 0.00183. The van der Waals surface area contributed by atoms with Gasteiger partial charge in [-0.05, 0) is 11.6 Å². The molecule has 2 aromatic rings. The van der Waals surface area contributed by atoms with Crippen LogP contribution in [0, 0.1) is 21.7 Å². The number of nitro groups is 1. The Morgan fingerprint density at radius 3 is 2.40 bits per heavy atom. The second-order valence-electron chi connectivity index (χ2n) is 4.04. The number of hydrogen-bond donors (Lipinski definition) is 1. The SMILES string of the molecule is Nc1ccc(COc2cc(F)cc(F)c2)cc1[N+](=O)[O-]. The summed E-state index contributed by atoms with van der Waals surface area (Å²) in [5, 5.41) is 10.7. The summed E-state index contributed by atoms with van der Waals surface area (Å²) in [6.45, 7) is -0.0655. The number of rotatable bonds is 4. The van der Waals surface area contributed by atoms with E-state index in [1.807, 2.05) is 0 Å². The van der Waals surface area contributed by atoms with Crippen molar-refractivity contribution in [1.82, 2.24) is 0 Å². The van der Waals surface area contributed by atoms with Gasteiger partial charge in [0.1, 0.15) is 29.7 Å². The number of nitrogens with zero attached hydrogens (tertiary/aromatic N) is 1. The molecule has 0 heterocycles. The molecule has 0 atom stereocenters. The maximum Gasteiger partial charge on any atom is 0.292 e. The van der Waals surface area contributed by atoms with Crippen molar-refractivity contribution in [3.63, 3.8) is 0 Å². The van der Waals surface area contributed by atoms with Gasteiger partial charge in [0.05, 0.1) is 4.92 Å². The number of hydrogen-bond acceptors (Lipinski definition) is 4. The van der Waals surface area contributed by atoms with Crippen LogP contribution in [0.2, 0.25) is 0 Å². The Bertz CT molecular complexity index is 642. The fourth-order valence-electron chi connectivity index (χ4n) is 1.62. The van der Waals surface area contributed by atoms with Crippen LogP contribution in [0.15, 0.2) is 36.4 Å². The van der Waals surface area contributed by atoms with E-state index in [-0.39, 0.29) is 23.7 Å². The fourth-order valence-corrected chi connectivity index (χ4v) is 1.62. The quantitative estimate of drug-likeness (QED) is 0.530. The molecule has 0 saturated heterocycles.